The van der Waals surface area contributed by atoms with Gasteiger partial charge >= 0.3 is 6.18 Å². The van der Waals surface area contributed by atoms with Crippen LogP contribution < -0.4 is 5.32 Å². The van der Waals surface area contributed by atoms with Crippen molar-refractivity contribution in [3.63, 3.8) is 0 Å². The molecule has 3 nitrogen and oxygen atoms in total. The lowest BCUT2D eigenvalue weighted by molar-refractivity contribution is -0.174. The van der Waals surface area contributed by atoms with Gasteiger partial charge < -0.3 is 10.1 Å². The summed E-state index contributed by atoms with van der Waals surface area (Å²) >= 11 is 5.89. The van der Waals surface area contributed by atoms with E-state index >= 15 is 0 Å². The number of carbonyl (C=O) groups is 1. The number of rotatable bonds is 7. The predicted molar refractivity (Wildman–Crippen MR) is 81.5 cm³/mol. The van der Waals surface area contributed by atoms with Crippen LogP contribution in [-0.4, -0.2) is 31.8 Å². The number of benzene rings is 1. The summed E-state index contributed by atoms with van der Waals surface area (Å²) in [6.45, 7) is -1.08. The summed E-state index contributed by atoms with van der Waals surface area (Å²) in [5.74, 6) is -0.299. The fraction of sp³-hybridized carbons (Fsp3) is 0.562. The first kappa shape index (κ1) is 18.1. The highest BCUT2D eigenvalue weighted by molar-refractivity contribution is 6.30. The summed E-state index contributed by atoms with van der Waals surface area (Å²) in [6, 6.07) is 7.56. The third-order valence-corrected chi connectivity index (χ3v) is 4.38. The number of alkyl halides is 3. The zero-order chi connectivity index (χ0) is 16.9. The topological polar surface area (TPSA) is 38.3 Å². The molecule has 0 saturated heterocycles. The van der Waals surface area contributed by atoms with Gasteiger partial charge in [-0.05, 0) is 30.5 Å². The molecular formula is C16H19ClF3NO2. The van der Waals surface area contributed by atoms with Crippen molar-refractivity contribution >= 4 is 17.5 Å². The fourth-order valence-electron chi connectivity index (χ4n) is 2.68. The molecule has 0 aromatic heterocycles. The molecule has 7 heteroatoms. The van der Waals surface area contributed by atoms with Crippen molar-refractivity contribution in [3.8, 4) is 0 Å². The Balaban J connectivity index is 1.77. The van der Waals surface area contributed by atoms with Gasteiger partial charge in [0.05, 0.1) is 6.61 Å². The number of carbonyl (C=O) groups excluding carboxylic acids is 1. The molecule has 0 atom stereocenters. The Bertz CT molecular complexity index is 527. The summed E-state index contributed by atoms with van der Waals surface area (Å²) in [5.41, 5.74) is 1.04. The Hall–Kier alpha value is -1.27. The molecule has 1 aromatic carbocycles. The molecule has 0 unspecified atom stereocenters. The lowest BCUT2D eigenvalue weighted by atomic mass is 9.64. The van der Waals surface area contributed by atoms with E-state index in [9.17, 15) is 18.0 Å². The molecule has 128 valence electrons. The van der Waals surface area contributed by atoms with E-state index in [0.29, 0.717) is 11.6 Å². The predicted octanol–water partition coefficient (Wildman–Crippen LogP) is 3.85. The van der Waals surface area contributed by atoms with Crippen LogP contribution in [0.25, 0.3) is 0 Å². The van der Waals surface area contributed by atoms with E-state index in [1.54, 1.807) is 0 Å². The van der Waals surface area contributed by atoms with Crippen LogP contribution in [0, 0.1) is 0 Å². The minimum Gasteiger partial charge on any atom is -0.372 e. The molecule has 23 heavy (non-hydrogen) atoms. The molecule has 1 N–H and O–H groups in total. The molecule has 0 spiro atoms. The molecule has 1 aromatic rings. The van der Waals surface area contributed by atoms with E-state index in [1.807, 2.05) is 24.3 Å². The highest BCUT2D eigenvalue weighted by Gasteiger charge is 2.38. The fourth-order valence-corrected chi connectivity index (χ4v) is 2.81. The van der Waals surface area contributed by atoms with E-state index in [0.717, 1.165) is 24.8 Å². The maximum atomic E-state index is 11.9. The van der Waals surface area contributed by atoms with Gasteiger partial charge in [-0.25, -0.2) is 0 Å². The number of hydrogen-bond donors (Lipinski definition) is 1. The molecule has 1 fully saturated rings. The minimum absolute atomic E-state index is 0.0766. The molecule has 1 saturated carbocycles. The molecule has 0 radical (unpaired) electrons. The first-order valence-corrected chi connectivity index (χ1v) is 7.86. The van der Waals surface area contributed by atoms with Gasteiger partial charge in [0.1, 0.15) is 6.61 Å². The van der Waals surface area contributed by atoms with Gasteiger partial charge in [-0.15, -0.1) is 0 Å². The van der Waals surface area contributed by atoms with Crippen LogP contribution in [0.5, 0.6) is 0 Å². The summed E-state index contributed by atoms with van der Waals surface area (Å²) in [6.07, 6.45) is -1.40. The second-order valence-corrected chi connectivity index (χ2v) is 6.27. The third-order valence-electron chi connectivity index (χ3n) is 4.13. The average Bonchev–Trinajstić information content (AvgIpc) is 2.43. The van der Waals surface area contributed by atoms with E-state index in [-0.39, 0.29) is 24.3 Å². The van der Waals surface area contributed by atoms with E-state index in [4.69, 9.17) is 11.6 Å². The lowest BCUT2D eigenvalue weighted by Gasteiger charge is -2.42. The first-order chi connectivity index (χ1) is 10.8. The van der Waals surface area contributed by atoms with E-state index < -0.39 is 12.8 Å². The van der Waals surface area contributed by atoms with Gasteiger partial charge in [-0.1, -0.05) is 30.2 Å². The van der Waals surface area contributed by atoms with Gasteiger partial charge in [0.15, 0.2) is 0 Å². The van der Waals surface area contributed by atoms with Crippen LogP contribution in [0.3, 0.4) is 0 Å². The van der Waals surface area contributed by atoms with Crippen molar-refractivity contribution in [1.82, 2.24) is 5.32 Å². The second kappa shape index (κ2) is 7.53. The minimum atomic E-state index is -4.36. The van der Waals surface area contributed by atoms with Crippen LogP contribution in [0.1, 0.15) is 31.2 Å². The molecular weight excluding hydrogens is 331 g/mol. The Morgan fingerprint density at radius 3 is 2.43 bits per heavy atom. The number of ether oxygens (including phenoxy) is 1. The van der Waals surface area contributed by atoms with E-state index in [1.165, 1.54) is 0 Å². The van der Waals surface area contributed by atoms with Gasteiger partial charge in [0.2, 0.25) is 5.91 Å². The Kier molecular flexibility index (Phi) is 5.92. The largest absolute Gasteiger partial charge is 0.411 e. The Morgan fingerprint density at radius 1 is 1.26 bits per heavy atom. The molecule has 1 amide bonds. The van der Waals surface area contributed by atoms with Crippen LogP contribution >= 0.6 is 11.6 Å². The van der Waals surface area contributed by atoms with Crippen molar-refractivity contribution in [3.05, 3.63) is 34.9 Å². The molecule has 0 heterocycles. The van der Waals surface area contributed by atoms with Crippen LogP contribution in [0.2, 0.25) is 5.02 Å². The molecule has 0 aliphatic heterocycles. The lowest BCUT2D eigenvalue weighted by Crippen LogP contribution is -2.45. The second-order valence-electron chi connectivity index (χ2n) is 5.84. The summed E-state index contributed by atoms with van der Waals surface area (Å²) < 4.78 is 40.2. The van der Waals surface area contributed by atoms with Crippen molar-refractivity contribution in [2.24, 2.45) is 0 Å². The van der Waals surface area contributed by atoms with Gasteiger partial charge in [0, 0.05) is 23.4 Å². The van der Waals surface area contributed by atoms with Crippen molar-refractivity contribution in [1.29, 1.82) is 0 Å². The first-order valence-electron chi connectivity index (χ1n) is 7.48. The quantitative estimate of drug-likeness (QED) is 0.759. The normalized spacial score (nSPS) is 16.7. The molecule has 1 aliphatic carbocycles. The van der Waals surface area contributed by atoms with Gasteiger partial charge in [-0.3, -0.25) is 4.79 Å². The van der Waals surface area contributed by atoms with Crippen LogP contribution in [-0.2, 0) is 14.9 Å². The third kappa shape index (κ3) is 5.39. The Labute approximate surface area is 138 Å². The van der Waals surface area contributed by atoms with E-state index in [2.05, 4.69) is 10.1 Å². The Morgan fingerprint density at radius 2 is 1.91 bits per heavy atom. The van der Waals surface area contributed by atoms with Gasteiger partial charge in [-0.2, -0.15) is 13.2 Å². The smallest absolute Gasteiger partial charge is 0.372 e. The summed E-state index contributed by atoms with van der Waals surface area (Å²) in [5, 5.41) is 3.46. The average molecular weight is 350 g/mol. The number of halogens is 4. The highest BCUT2D eigenvalue weighted by atomic mass is 35.5. The van der Waals surface area contributed by atoms with Crippen molar-refractivity contribution in [2.75, 3.05) is 19.8 Å². The standard InChI is InChI=1S/C16H19ClF3NO2/c17-13-4-2-12(3-5-13)15(7-1-8-15)10-21-14(22)6-9-23-11-16(18,19)20/h2-5H,1,6-11H2,(H,21,22). The zero-order valence-electron chi connectivity index (χ0n) is 12.6. The molecule has 2 rings (SSSR count). The monoisotopic (exact) mass is 349 g/mol. The maximum Gasteiger partial charge on any atom is 0.411 e. The highest BCUT2D eigenvalue weighted by Crippen LogP contribution is 2.43. The molecule has 0 bridgehead atoms. The van der Waals surface area contributed by atoms with Crippen molar-refractivity contribution in [2.45, 2.75) is 37.3 Å². The summed E-state index contributed by atoms with van der Waals surface area (Å²) in [7, 11) is 0. The number of amides is 1. The number of hydrogen-bond acceptors (Lipinski definition) is 2. The summed E-state index contributed by atoms with van der Waals surface area (Å²) in [4.78, 5) is 11.7. The zero-order valence-corrected chi connectivity index (χ0v) is 13.3. The molecule has 1 aliphatic rings. The van der Waals surface area contributed by atoms with Crippen LogP contribution in [0.4, 0.5) is 13.2 Å². The van der Waals surface area contributed by atoms with Crippen LogP contribution in [0.15, 0.2) is 24.3 Å². The number of nitrogens with one attached hydrogen (secondary N) is 1. The maximum absolute atomic E-state index is 11.9. The van der Waals surface area contributed by atoms with Gasteiger partial charge in [0.25, 0.3) is 0 Å². The SMILES string of the molecule is O=C(CCOCC(F)(F)F)NCC1(c2ccc(Cl)cc2)CCC1. The van der Waals surface area contributed by atoms with Crippen molar-refractivity contribution < 1.29 is 22.7 Å².